The highest BCUT2D eigenvalue weighted by atomic mass is 16.2. The van der Waals surface area contributed by atoms with Gasteiger partial charge < -0.3 is 15.1 Å². The molecule has 7 rings (SSSR count). The number of nitrogens with one attached hydrogen (secondary N) is 1. The van der Waals surface area contributed by atoms with E-state index in [0.717, 1.165) is 11.1 Å². The first kappa shape index (κ1) is 22.9. The molecular formula is C30H22N6O3. The van der Waals surface area contributed by atoms with Gasteiger partial charge in [0.05, 0.1) is 34.5 Å². The number of carbonyl (C=O) groups is 3. The fourth-order valence-electron chi connectivity index (χ4n) is 6.20. The maximum Gasteiger partial charge on any atom is 0.332 e. The normalized spacial score (nSPS) is 21.4. The number of aromatic nitrogens is 1. The maximum absolute atomic E-state index is 13.8. The molecule has 0 spiro atoms. The van der Waals surface area contributed by atoms with E-state index in [1.807, 2.05) is 54.6 Å². The van der Waals surface area contributed by atoms with E-state index in [2.05, 4.69) is 16.4 Å². The van der Waals surface area contributed by atoms with Crippen LogP contribution < -0.4 is 10.2 Å². The van der Waals surface area contributed by atoms with Crippen molar-refractivity contribution in [3.63, 3.8) is 0 Å². The van der Waals surface area contributed by atoms with Crippen molar-refractivity contribution < 1.29 is 14.4 Å². The van der Waals surface area contributed by atoms with Crippen LogP contribution in [0.5, 0.6) is 0 Å². The summed E-state index contributed by atoms with van der Waals surface area (Å²) in [5.41, 5.74) is 3.77. The van der Waals surface area contributed by atoms with Gasteiger partial charge in [0.25, 0.3) is 5.91 Å². The molecular weight excluding hydrogens is 492 g/mol. The zero-order valence-electron chi connectivity index (χ0n) is 20.7. The summed E-state index contributed by atoms with van der Waals surface area (Å²) in [7, 11) is 0. The van der Waals surface area contributed by atoms with Gasteiger partial charge in [0.1, 0.15) is 12.1 Å². The van der Waals surface area contributed by atoms with Crippen LogP contribution in [0.1, 0.15) is 12.0 Å². The van der Waals surface area contributed by atoms with E-state index in [1.165, 1.54) is 4.90 Å². The van der Waals surface area contributed by atoms with E-state index in [0.29, 0.717) is 40.8 Å². The molecule has 3 atom stereocenters. The zero-order chi connectivity index (χ0) is 26.7. The second kappa shape index (κ2) is 8.67. The molecule has 9 nitrogen and oxygen atoms in total. The number of urea groups is 2. The van der Waals surface area contributed by atoms with Crippen molar-refractivity contribution in [3.05, 3.63) is 90.6 Å². The molecule has 3 fully saturated rings. The summed E-state index contributed by atoms with van der Waals surface area (Å²) in [6, 6.07) is 24.1. The van der Waals surface area contributed by atoms with Gasteiger partial charge in [-0.25, -0.2) is 14.5 Å². The Morgan fingerprint density at radius 1 is 0.974 bits per heavy atom. The molecule has 2 unspecified atom stereocenters. The fourth-order valence-corrected chi connectivity index (χ4v) is 6.20. The molecule has 0 radical (unpaired) electrons. The first-order chi connectivity index (χ1) is 19.1. The summed E-state index contributed by atoms with van der Waals surface area (Å²) in [6.07, 6.45) is 2.13. The Morgan fingerprint density at radius 3 is 2.59 bits per heavy atom. The first-order valence-corrected chi connectivity index (χ1v) is 12.7. The summed E-state index contributed by atoms with van der Waals surface area (Å²) in [6.45, 7) is 0.350. The van der Waals surface area contributed by atoms with Crippen molar-refractivity contribution in [2.45, 2.75) is 24.5 Å². The van der Waals surface area contributed by atoms with Crippen LogP contribution in [0.25, 0.3) is 22.0 Å². The van der Waals surface area contributed by atoms with E-state index in [-0.39, 0.29) is 18.0 Å². The number of hydrogen-bond acceptors (Lipinski definition) is 5. The molecule has 3 aliphatic heterocycles. The molecule has 0 saturated carbocycles. The van der Waals surface area contributed by atoms with E-state index in [1.54, 1.807) is 40.3 Å². The summed E-state index contributed by atoms with van der Waals surface area (Å²) >= 11 is 0. The molecule has 1 aromatic heterocycles. The van der Waals surface area contributed by atoms with Crippen LogP contribution in [0.2, 0.25) is 0 Å². The lowest BCUT2D eigenvalue weighted by Crippen LogP contribution is -2.55. The lowest BCUT2D eigenvalue weighted by molar-refractivity contribution is -0.120. The van der Waals surface area contributed by atoms with Crippen LogP contribution >= 0.6 is 0 Å². The predicted molar refractivity (Wildman–Crippen MR) is 145 cm³/mol. The number of fused-ring (bicyclic) bond motifs is 6. The van der Waals surface area contributed by atoms with Crippen LogP contribution in [-0.2, 0) is 4.79 Å². The van der Waals surface area contributed by atoms with Gasteiger partial charge in [-0.05, 0) is 42.3 Å². The van der Waals surface area contributed by atoms with E-state index in [9.17, 15) is 19.6 Å². The molecule has 3 saturated heterocycles. The van der Waals surface area contributed by atoms with Gasteiger partial charge in [0, 0.05) is 23.7 Å². The third-order valence-electron chi connectivity index (χ3n) is 7.89. The van der Waals surface area contributed by atoms with Crippen molar-refractivity contribution in [3.8, 4) is 17.2 Å². The average Bonchev–Trinajstić information content (AvgIpc) is 3.64. The van der Waals surface area contributed by atoms with Gasteiger partial charge in [-0.15, -0.1) is 0 Å². The maximum atomic E-state index is 13.8. The van der Waals surface area contributed by atoms with E-state index in [4.69, 9.17) is 0 Å². The molecule has 5 amide bonds. The Hall–Kier alpha value is -5.23. The third-order valence-corrected chi connectivity index (χ3v) is 7.89. The van der Waals surface area contributed by atoms with Crippen molar-refractivity contribution in [2.75, 3.05) is 16.8 Å². The Balaban J connectivity index is 1.18. The minimum Gasteiger partial charge on any atom is -0.317 e. The number of anilines is 2. The SMILES string of the molecule is N#Cc1ccc(N2C(=O)[C@H]3C4CC(CN4C(=O)Nc4ccccc4-c4ccccc4)N3C2=O)c2cccnc12. The predicted octanol–water partition coefficient (Wildman–Crippen LogP) is 4.60. The number of benzene rings is 3. The van der Waals surface area contributed by atoms with Crippen LogP contribution in [-0.4, -0.2) is 57.4 Å². The van der Waals surface area contributed by atoms with Gasteiger partial charge in [0.2, 0.25) is 0 Å². The summed E-state index contributed by atoms with van der Waals surface area (Å²) < 4.78 is 0. The topological polar surface area (TPSA) is 110 Å². The molecule has 39 heavy (non-hydrogen) atoms. The van der Waals surface area contributed by atoms with Crippen LogP contribution in [0.15, 0.2) is 85.1 Å². The molecule has 3 aromatic carbocycles. The highest BCUT2D eigenvalue weighted by molar-refractivity contribution is 6.25. The van der Waals surface area contributed by atoms with Gasteiger partial charge in [-0.3, -0.25) is 9.78 Å². The molecule has 9 heteroatoms. The van der Waals surface area contributed by atoms with Gasteiger partial charge in [-0.1, -0.05) is 48.5 Å². The third kappa shape index (κ3) is 3.38. The molecule has 3 aliphatic rings. The number of piperazine rings is 1. The number of likely N-dealkylation sites (tertiary alicyclic amines) is 1. The molecule has 2 bridgehead atoms. The largest absolute Gasteiger partial charge is 0.332 e. The zero-order valence-corrected chi connectivity index (χ0v) is 20.7. The number of nitrogens with zero attached hydrogens (tertiary/aromatic N) is 5. The lowest BCUT2D eigenvalue weighted by Gasteiger charge is -2.35. The molecule has 0 aliphatic carbocycles. The Kier molecular flexibility index (Phi) is 5.10. The Morgan fingerprint density at radius 2 is 1.77 bits per heavy atom. The highest BCUT2D eigenvalue weighted by Gasteiger charge is 2.63. The quantitative estimate of drug-likeness (QED) is 0.402. The molecule has 190 valence electrons. The smallest absolute Gasteiger partial charge is 0.317 e. The Bertz CT molecular complexity index is 1720. The monoisotopic (exact) mass is 514 g/mol. The summed E-state index contributed by atoms with van der Waals surface area (Å²) in [5, 5.41) is 13.1. The van der Waals surface area contributed by atoms with Crippen LogP contribution in [0.3, 0.4) is 0 Å². The number of amides is 5. The first-order valence-electron chi connectivity index (χ1n) is 12.7. The number of pyridine rings is 1. The fraction of sp³-hybridized carbons (Fsp3) is 0.167. The van der Waals surface area contributed by atoms with Crippen LogP contribution in [0, 0.1) is 11.3 Å². The molecule has 4 aromatic rings. The number of nitriles is 1. The minimum absolute atomic E-state index is 0.251. The van der Waals surface area contributed by atoms with Gasteiger partial charge in [0.15, 0.2) is 0 Å². The standard InChI is InChI=1S/C30H22N6O3/c31-16-19-12-13-24(22-10-6-14-32-26(19)22)36-28(37)27-25-15-20(35(27)30(36)39)17-34(25)29(38)33-23-11-5-4-9-21(23)18-7-2-1-3-8-18/h1-14,20,25,27H,15,17H2,(H,33,38)/t20?,25?,27-/m1/s1. The van der Waals surface area contributed by atoms with Gasteiger partial charge >= 0.3 is 12.1 Å². The van der Waals surface area contributed by atoms with Crippen molar-refractivity contribution in [2.24, 2.45) is 0 Å². The number of imide groups is 1. The second-order valence-corrected chi connectivity index (χ2v) is 9.90. The van der Waals surface area contributed by atoms with E-state index < -0.39 is 18.1 Å². The number of hydrogen-bond donors (Lipinski definition) is 1. The Labute approximate surface area is 223 Å². The summed E-state index contributed by atoms with van der Waals surface area (Å²) in [4.78, 5) is 49.7. The second-order valence-electron chi connectivity index (χ2n) is 9.90. The summed E-state index contributed by atoms with van der Waals surface area (Å²) in [5.74, 6) is -0.371. The molecule has 4 heterocycles. The molecule has 1 N–H and O–H groups in total. The van der Waals surface area contributed by atoms with Gasteiger partial charge in [-0.2, -0.15) is 5.26 Å². The van der Waals surface area contributed by atoms with Crippen molar-refractivity contribution in [1.82, 2.24) is 14.8 Å². The minimum atomic E-state index is -0.756. The number of para-hydroxylation sites is 1. The van der Waals surface area contributed by atoms with Crippen molar-refractivity contribution in [1.29, 1.82) is 5.26 Å². The number of rotatable bonds is 3. The van der Waals surface area contributed by atoms with E-state index >= 15 is 0 Å². The number of carbonyl (C=O) groups excluding carboxylic acids is 3. The van der Waals surface area contributed by atoms with Crippen LogP contribution in [0.4, 0.5) is 21.0 Å². The lowest BCUT2D eigenvalue weighted by atomic mass is 10.0. The highest BCUT2D eigenvalue weighted by Crippen LogP contribution is 2.44. The average molecular weight is 515 g/mol. The van der Waals surface area contributed by atoms with Crippen molar-refractivity contribution >= 4 is 40.2 Å².